The lowest BCUT2D eigenvalue weighted by atomic mass is 9.86. The highest BCUT2D eigenvalue weighted by molar-refractivity contribution is 6.05. The zero-order valence-electron chi connectivity index (χ0n) is 18.2. The largest absolute Gasteiger partial charge is 0.337 e. The van der Waals surface area contributed by atoms with E-state index in [1.54, 1.807) is 4.90 Å². The zero-order chi connectivity index (χ0) is 21.2. The van der Waals surface area contributed by atoms with E-state index in [0.29, 0.717) is 24.6 Å². The first kappa shape index (κ1) is 21.1. The van der Waals surface area contributed by atoms with Crippen molar-refractivity contribution in [2.45, 2.75) is 65.8 Å². The summed E-state index contributed by atoms with van der Waals surface area (Å²) in [5.41, 5.74) is 3.02. The highest BCUT2D eigenvalue weighted by Crippen LogP contribution is 2.30. The summed E-state index contributed by atoms with van der Waals surface area (Å²) < 4.78 is 1.95. The van der Waals surface area contributed by atoms with Gasteiger partial charge in [-0.3, -0.25) is 9.59 Å². The van der Waals surface area contributed by atoms with Gasteiger partial charge in [0.25, 0.3) is 11.8 Å². The van der Waals surface area contributed by atoms with Crippen LogP contribution in [0.4, 0.5) is 5.69 Å². The lowest BCUT2D eigenvalue weighted by Crippen LogP contribution is -2.33. The third-order valence-corrected chi connectivity index (χ3v) is 5.56. The molecule has 0 bridgehead atoms. The van der Waals surface area contributed by atoms with E-state index in [-0.39, 0.29) is 17.2 Å². The van der Waals surface area contributed by atoms with E-state index >= 15 is 0 Å². The second kappa shape index (κ2) is 8.39. The minimum Gasteiger partial charge on any atom is -0.337 e. The number of imidazole rings is 1. The van der Waals surface area contributed by atoms with Gasteiger partial charge in [0.15, 0.2) is 11.5 Å². The highest BCUT2D eigenvalue weighted by Gasteiger charge is 2.29. The number of fused-ring (bicyclic) bond motifs is 1. The standard InChI is InChI=1S/C23H32N4O2/c1-6-26(7-2)22(29)20-25-19(18-14-10-11-15-27(18)20)21(28)24-17-13-9-8-12-16(17)23(3,4)5/h8-9,12-13H,6-7,10-11,14-15H2,1-5H3,(H,24,28). The Bertz CT molecular complexity index is 904. The van der Waals surface area contributed by atoms with Gasteiger partial charge in [-0.25, -0.2) is 4.98 Å². The van der Waals surface area contributed by atoms with Crippen molar-refractivity contribution in [2.75, 3.05) is 18.4 Å². The molecule has 6 heteroatoms. The molecular weight excluding hydrogens is 364 g/mol. The number of nitrogens with one attached hydrogen (secondary N) is 1. The number of para-hydroxylation sites is 1. The van der Waals surface area contributed by atoms with Gasteiger partial charge >= 0.3 is 0 Å². The average Bonchev–Trinajstić information content (AvgIpc) is 3.08. The minimum atomic E-state index is -0.244. The van der Waals surface area contributed by atoms with Crippen molar-refractivity contribution < 1.29 is 9.59 Å². The first-order chi connectivity index (χ1) is 13.8. The molecule has 3 rings (SSSR count). The molecule has 2 heterocycles. The smallest absolute Gasteiger partial charge is 0.289 e. The molecule has 0 saturated heterocycles. The summed E-state index contributed by atoms with van der Waals surface area (Å²) in [6.45, 7) is 12.3. The molecule has 2 amide bonds. The molecule has 0 saturated carbocycles. The molecule has 1 aliphatic rings. The van der Waals surface area contributed by atoms with Crippen molar-refractivity contribution in [3.63, 3.8) is 0 Å². The number of amides is 2. The number of benzene rings is 1. The maximum absolute atomic E-state index is 13.2. The van der Waals surface area contributed by atoms with Gasteiger partial charge in [-0.1, -0.05) is 39.0 Å². The van der Waals surface area contributed by atoms with Crippen LogP contribution in [-0.4, -0.2) is 39.4 Å². The lowest BCUT2D eigenvalue weighted by Gasteiger charge is -2.23. The number of carbonyl (C=O) groups is 2. The Balaban J connectivity index is 1.98. The Labute approximate surface area is 173 Å². The molecule has 1 N–H and O–H groups in total. The second-order valence-corrected chi connectivity index (χ2v) is 8.57. The van der Waals surface area contributed by atoms with E-state index in [0.717, 1.165) is 42.8 Å². The van der Waals surface area contributed by atoms with E-state index < -0.39 is 0 Å². The van der Waals surface area contributed by atoms with Crippen LogP contribution in [0.25, 0.3) is 0 Å². The molecule has 6 nitrogen and oxygen atoms in total. The number of aromatic nitrogens is 2. The molecule has 1 aromatic heterocycles. The normalized spacial score (nSPS) is 13.7. The zero-order valence-corrected chi connectivity index (χ0v) is 18.2. The number of hydrogen-bond donors (Lipinski definition) is 1. The summed E-state index contributed by atoms with van der Waals surface area (Å²) in [6.07, 6.45) is 2.77. The molecule has 0 fully saturated rings. The summed E-state index contributed by atoms with van der Waals surface area (Å²) in [5.74, 6) is 0.0379. The third-order valence-electron chi connectivity index (χ3n) is 5.56. The third kappa shape index (κ3) is 4.21. The van der Waals surface area contributed by atoms with Crippen LogP contribution >= 0.6 is 0 Å². The molecule has 1 aliphatic heterocycles. The van der Waals surface area contributed by atoms with Gasteiger partial charge < -0.3 is 14.8 Å². The van der Waals surface area contributed by atoms with Crippen LogP contribution in [0.3, 0.4) is 0 Å². The number of rotatable bonds is 5. The molecule has 0 atom stereocenters. The van der Waals surface area contributed by atoms with Crippen LogP contribution < -0.4 is 5.32 Å². The van der Waals surface area contributed by atoms with E-state index in [1.165, 1.54) is 0 Å². The van der Waals surface area contributed by atoms with Gasteiger partial charge in [-0.05, 0) is 50.2 Å². The first-order valence-corrected chi connectivity index (χ1v) is 10.6. The van der Waals surface area contributed by atoms with Crippen LogP contribution in [0.15, 0.2) is 24.3 Å². The Morgan fingerprint density at radius 3 is 2.48 bits per heavy atom. The van der Waals surface area contributed by atoms with Crippen molar-refractivity contribution in [3.8, 4) is 0 Å². The fourth-order valence-corrected chi connectivity index (χ4v) is 3.97. The monoisotopic (exact) mass is 396 g/mol. The van der Waals surface area contributed by atoms with Gasteiger partial charge in [0.05, 0.1) is 5.69 Å². The molecule has 2 aromatic rings. The maximum atomic E-state index is 13.2. The van der Waals surface area contributed by atoms with Crippen LogP contribution in [0.2, 0.25) is 0 Å². The highest BCUT2D eigenvalue weighted by atomic mass is 16.2. The summed E-state index contributed by atoms with van der Waals surface area (Å²) in [4.78, 5) is 32.5. The van der Waals surface area contributed by atoms with Crippen molar-refractivity contribution >= 4 is 17.5 Å². The van der Waals surface area contributed by atoms with Gasteiger partial charge in [0.2, 0.25) is 0 Å². The quantitative estimate of drug-likeness (QED) is 0.821. The second-order valence-electron chi connectivity index (χ2n) is 8.57. The summed E-state index contributed by atoms with van der Waals surface area (Å²) >= 11 is 0. The van der Waals surface area contributed by atoms with Crippen molar-refractivity contribution in [1.29, 1.82) is 0 Å². The van der Waals surface area contributed by atoms with Gasteiger partial charge in [0, 0.05) is 25.3 Å². The molecular formula is C23H32N4O2. The molecule has 0 radical (unpaired) electrons. The Morgan fingerprint density at radius 1 is 1.14 bits per heavy atom. The number of carbonyl (C=O) groups excluding carboxylic acids is 2. The van der Waals surface area contributed by atoms with E-state index in [1.807, 2.05) is 42.7 Å². The van der Waals surface area contributed by atoms with Crippen molar-refractivity contribution in [1.82, 2.24) is 14.5 Å². The van der Waals surface area contributed by atoms with Gasteiger partial charge in [0.1, 0.15) is 0 Å². The molecule has 0 aliphatic carbocycles. The van der Waals surface area contributed by atoms with E-state index in [4.69, 9.17) is 0 Å². The summed E-state index contributed by atoms with van der Waals surface area (Å²) in [6, 6.07) is 7.86. The van der Waals surface area contributed by atoms with E-state index in [2.05, 4.69) is 31.1 Å². The topological polar surface area (TPSA) is 67.2 Å². The predicted molar refractivity (Wildman–Crippen MR) is 116 cm³/mol. The molecule has 156 valence electrons. The number of hydrogen-bond acceptors (Lipinski definition) is 3. The van der Waals surface area contributed by atoms with Gasteiger partial charge in [-0.15, -0.1) is 0 Å². The summed E-state index contributed by atoms with van der Waals surface area (Å²) in [7, 11) is 0. The van der Waals surface area contributed by atoms with Crippen LogP contribution in [0.1, 0.15) is 79.8 Å². The minimum absolute atomic E-state index is 0.0959. The average molecular weight is 397 g/mol. The lowest BCUT2D eigenvalue weighted by molar-refractivity contribution is 0.0754. The van der Waals surface area contributed by atoms with Crippen LogP contribution in [-0.2, 0) is 18.4 Å². The van der Waals surface area contributed by atoms with E-state index in [9.17, 15) is 9.59 Å². The van der Waals surface area contributed by atoms with Crippen LogP contribution in [0.5, 0.6) is 0 Å². The summed E-state index contributed by atoms with van der Waals surface area (Å²) in [5, 5.41) is 3.05. The number of nitrogens with zero attached hydrogens (tertiary/aromatic N) is 3. The SMILES string of the molecule is CCN(CC)C(=O)c1nc(C(=O)Nc2ccccc2C(C)(C)C)c2n1CCCC2. The van der Waals surface area contributed by atoms with Crippen molar-refractivity contribution in [3.05, 3.63) is 47.0 Å². The Morgan fingerprint density at radius 2 is 1.83 bits per heavy atom. The Hall–Kier alpha value is -2.63. The number of anilines is 1. The Kier molecular flexibility index (Phi) is 6.10. The molecule has 0 spiro atoms. The van der Waals surface area contributed by atoms with Gasteiger partial charge in [-0.2, -0.15) is 0 Å². The van der Waals surface area contributed by atoms with Crippen molar-refractivity contribution in [2.24, 2.45) is 0 Å². The fraction of sp³-hybridized carbons (Fsp3) is 0.522. The molecule has 29 heavy (non-hydrogen) atoms. The predicted octanol–water partition coefficient (Wildman–Crippen LogP) is 4.25. The first-order valence-electron chi connectivity index (χ1n) is 10.6. The fourth-order valence-electron chi connectivity index (χ4n) is 3.97. The molecule has 1 aromatic carbocycles. The molecule has 0 unspecified atom stereocenters. The van der Waals surface area contributed by atoms with Crippen LogP contribution in [0, 0.1) is 0 Å². The maximum Gasteiger partial charge on any atom is 0.289 e.